The lowest BCUT2D eigenvalue weighted by Crippen LogP contribution is -2.49. The molecular weight excluding hydrogens is 258 g/mol. The molecule has 0 aromatic rings. The predicted molar refractivity (Wildman–Crippen MR) is 76.1 cm³/mol. The Hall–Kier alpha value is -1.18. The first kappa shape index (κ1) is 15.2. The average molecular weight is 283 g/mol. The monoisotopic (exact) mass is 283 g/mol. The SMILES string of the molecule is NC(=O)CN1CCCN(C(=O)CN2CCNCC2)CC1. The van der Waals surface area contributed by atoms with E-state index in [9.17, 15) is 9.59 Å². The van der Waals surface area contributed by atoms with E-state index >= 15 is 0 Å². The maximum absolute atomic E-state index is 12.3. The molecule has 0 radical (unpaired) electrons. The van der Waals surface area contributed by atoms with Crippen molar-refractivity contribution < 1.29 is 9.59 Å². The van der Waals surface area contributed by atoms with Gasteiger partial charge in [-0.15, -0.1) is 0 Å². The Morgan fingerprint density at radius 1 is 0.900 bits per heavy atom. The predicted octanol–water partition coefficient (Wildman–Crippen LogP) is -2.09. The van der Waals surface area contributed by atoms with Gasteiger partial charge in [-0.05, 0) is 6.42 Å². The molecule has 2 rings (SSSR count). The Balaban J connectivity index is 1.77. The molecule has 114 valence electrons. The summed E-state index contributed by atoms with van der Waals surface area (Å²) in [5.74, 6) is -0.0987. The number of nitrogens with two attached hydrogens (primary N) is 1. The molecule has 2 aliphatic heterocycles. The molecule has 20 heavy (non-hydrogen) atoms. The first-order chi connectivity index (χ1) is 9.65. The van der Waals surface area contributed by atoms with Gasteiger partial charge in [0.1, 0.15) is 0 Å². The van der Waals surface area contributed by atoms with Crippen molar-refractivity contribution in [3.63, 3.8) is 0 Å². The number of nitrogens with zero attached hydrogens (tertiary/aromatic N) is 3. The standard InChI is InChI=1S/C13H25N5O2/c14-12(19)10-16-4-1-5-18(9-8-16)13(20)11-17-6-2-15-3-7-17/h15H,1-11H2,(H2,14,19). The van der Waals surface area contributed by atoms with Crippen LogP contribution in [0.5, 0.6) is 0 Å². The molecule has 7 nitrogen and oxygen atoms in total. The lowest BCUT2D eigenvalue weighted by Gasteiger charge is -2.29. The van der Waals surface area contributed by atoms with Crippen LogP contribution in [0.15, 0.2) is 0 Å². The third-order valence-corrected chi connectivity index (χ3v) is 3.89. The zero-order valence-corrected chi connectivity index (χ0v) is 12.0. The number of hydrogen-bond acceptors (Lipinski definition) is 5. The number of nitrogens with one attached hydrogen (secondary N) is 1. The van der Waals surface area contributed by atoms with E-state index in [4.69, 9.17) is 5.73 Å². The maximum atomic E-state index is 12.3. The maximum Gasteiger partial charge on any atom is 0.236 e. The fourth-order valence-electron chi connectivity index (χ4n) is 2.76. The molecule has 2 saturated heterocycles. The lowest BCUT2D eigenvalue weighted by molar-refractivity contribution is -0.132. The van der Waals surface area contributed by atoms with Crippen LogP contribution in [-0.4, -0.2) is 92.0 Å². The second kappa shape index (κ2) is 7.56. The Bertz CT molecular complexity index is 344. The van der Waals surface area contributed by atoms with Crippen LogP contribution >= 0.6 is 0 Å². The number of piperazine rings is 1. The van der Waals surface area contributed by atoms with Crippen molar-refractivity contribution in [2.75, 3.05) is 65.4 Å². The summed E-state index contributed by atoms with van der Waals surface area (Å²) in [4.78, 5) is 29.4. The van der Waals surface area contributed by atoms with Crippen LogP contribution in [0, 0.1) is 0 Å². The van der Waals surface area contributed by atoms with Crippen LogP contribution in [-0.2, 0) is 9.59 Å². The number of carbonyl (C=O) groups is 2. The van der Waals surface area contributed by atoms with E-state index in [1.165, 1.54) is 0 Å². The number of hydrogen-bond donors (Lipinski definition) is 2. The quantitative estimate of drug-likeness (QED) is 0.618. The summed E-state index contributed by atoms with van der Waals surface area (Å²) in [5, 5.41) is 3.28. The van der Waals surface area contributed by atoms with E-state index in [1.807, 2.05) is 9.80 Å². The van der Waals surface area contributed by atoms with Crippen molar-refractivity contribution in [1.29, 1.82) is 0 Å². The second-order valence-electron chi connectivity index (χ2n) is 5.50. The third-order valence-electron chi connectivity index (χ3n) is 3.89. The fourth-order valence-corrected chi connectivity index (χ4v) is 2.76. The Labute approximate surface area is 120 Å². The van der Waals surface area contributed by atoms with Crippen LogP contribution in [0.4, 0.5) is 0 Å². The van der Waals surface area contributed by atoms with Gasteiger partial charge in [0.25, 0.3) is 0 Å². The van der Waals surface area contributed by atoms with E-state index in [2.05, 4.69) is 10.2 Å². The number of carbonyl (C=O) groups excluding carboxylic acids is 2. The van der Waals surface area contributed by atoms with Gasteiger partial charge < -0.3 is 16.0 Å². The summed E-state index contributed by atoms with van der Waals surface area (Å²) in [6, 6.07) is 0. The average Bonchev–Trinajstić information content (AvgIpc) is 2.65. The minimum absolute atomic E-state index is 0.202. The van der Waals surface area contributed by atoms with Crippen molar-refractivity contribution in [1.82, 2.24) is 20.0 Å². The Morgan fingerprint density at radius 3 is 2.30 bits per heavy atom. The zero-order chi connectivity index (χ0) is 14.4. The zero-order valence-electron chi connectivity index (χ0n) is 12.0. The highest BCUT2D eigenvalue weighted by molar-refractivity contribution is 5.78. The molecule has 0 aliphatic carbocycles. The molecule has 0 aromatic carbocycles. The number of primary amides is 1. The van der Waals surface area contributed by atoms with E-state index in [1.54, 1.807) is 0 Å². The summed E-state index contributed by atoms with van der Waals surface area (Å²) >= 11 is 0. The smallest absolute Gasteiger partial charge is 0.236 e. The van der Waals surface area contributed by atoms with Gasteiger partial charge >= 0.3 is 0 Å². The van der Waals surface area contributed by atoms with Crippen molar-refractivity contribution in [3.8, 4) is 0 Å². The van der Waals surface area contributed by atoms with Crippen molar-refractivity contribution in [2.45, 2.75) is 6.42 Å². The first-order valence-corrected chi connectivity index (χ1v) is 7.36. The highest BCUT2D eigenvalue weighted by Gasteiger charge is 2.22. The highest BCUT2D eigenvalue weighted by atomic mass is 16.2. The second-order valence-corrected chi connectivity index (χ2v) is 5.50. The third kappa shape index (κ3) is 4.73. The molecule has 7 heteroatoms. The topological polar surface area (TPSA) is 81.9 Å². The molecule has 3 N–H and O–H groups in total. The van der Waals surface area contributed by atoms with Crippen molar-refractivity contribution >= 4 is 11.8 Å². The molecular formula is C13H25N5O2. The summed E-state index contributed by atoms with van der Waals surface area (Å²) in [6.45, 7) is 7.63. The normalized spacial score (nSPS) is 22.5. The molecule has 0 aromatic heterocycles. The first-order valence-electron chi connectivity index (χ1n) is 7.36. The van der Waals surface area contributed by atoms with Gasteiger partial charge in [-0.2, -0.15) is 0 Å². The molecule has 0 atom stereocenters. The molecule has 0 unspecified atom stereocenters. The van der Waals surface area contributed by atoms with Crippen molar-refractivity contribution in [2.24, 2.45) is 5.73 Å². The fraction of sp³-hybridized carbons (Fsp3) is 0.846. The molecule has 2 heterocycles. The van der Waals surface area contributed by atoms with Gasteiger partial charge in [0.05, 0.1) is 13.1 Å². The summed E-state index contributed by atoms with van der Waals surface area (Å²) in [6.07, 6.45) is 0.903. The number of rotatable bonds is 4. The van der Waals surface area contributed by atoms with Gasteiger partial charge in [-0.1, -0.05) is 0 Å². The van der Waals surface area contributed by atoms with Gasteiger partial charge in [0.2, 0.25) is 11.8 Å². The van der Waals surface area contributed by atoms with Crippen LogP contribution < -0.4 is 11.1 Å². The van der Waals surface area contributed by atoms with Gasteiger partial charge in [-0.25, -0.2) is 0 Å². The molecule has 0 spiro atoms. The Morgan fingerprint density at radius 2 is 1.60 bits per heavy atom. The van der Waals surface area contributed by atoms with Gasteiger partial charge in [0.15, 0.2) is 0 Å². The van der Waals surface area contributed by atoms with Crippen molar-refractivity contribution in [3.05, 3.63) is 0 Å². The van der Waals surface area contributed by atoms with Crippen LogP contribution in [0.25, 0.3) is 0 Å². The molecule has 2 amide bonds. The largest absolute Gasteiger partial charge is 0.369 e. The van der Waals surface area contributed by atoms with E-state index in [0.29, 0.717) is 19.6 Å². The summed E-state index contributed by atoms with van der Waals surface area (Å²) in [7, 11) is 0. The van der Waals surface area contributed by atoms with E-state index in [0.717, 1.165) is 52.2 Å². The van der Waals surface area contributed by atoms with E-state index < -0.39 is 0 Å². The molecule has 0 saturated carbocycles. The highest BCUT2D eigenvalue weighted by Crippen LogP contribution is 2.04. The van der Waals surface area contributed by atoms with Gasteiger partial charge in [0, 0.05) is 52.4 Å². The van der Waals surface area contributed by atoms with Crippen LogP contribution in [0.2, 0.25) is 0 Å². The molecule has 2 fully saturated rings. The van der Waals surface area contributed by atoms with Crippen LogP contribution in [0.1, 0.15) is 6.42 Å². The summed E-state index contributed by atoms with van der Waals surface area (Å²) < 4.78 is 0. The summed E-state index contributed by atoms with van der Waals surface area (Å²) in [5.41, 5.74) is 5.22. The van der Waals surface area contributed by atoms with Crippen LogP contribution in [0.3, 0.4) is 0 Å². The molecule has 0 bridgehead atoms. The van der Waals surface area contributed by atoms with E-state index in [-0.39, 0.29) is 11.8 Å². The number of amides is 2. The Kier molecular flexibility index (Phi) is 5.75. The lowest BCUT2D eigenvalue weighted by atomic mass is 10.3. The molecule has 2 aliphatic rings. The minimum atomic E-state index is -0.300. The minimum Gasteiger partial charge on any atom is -0.369 e. The van der Waals surface area contributed by atoms with Gasteiger partial charge in [-0.3, -0.25) is 19.4 Å².